The molecule has 2 rings (SSSR count). The summed E-state index contributed by atoms with van der Waals surface area (Å²) in [4.78, 5) is 2.49. The largest absolute Gasteiger partial charge is 0.320 e. The molecule has 0 saturated heterocycles. The summed E-state index contributed by atoms with van der Waals surface area (Å²) in [6.45, 7) is 6.37. The van der Waals surface area contributed by atoms with Crippen LogP contribution in [0.4, 0.5) is 0 Å². The van der Waals surface area contributed by atoms with Crippen LogP contribution in [-0.2, 0) is 0 Å². The molecule has 0 aliphatic heterocycles. The predicted octanol–water partition coefficient (Wildman–Crippen LogP) is 4.48. The second-order valence-corrected chi connectivity index (χ2v) is 6.46. The van der Waals surface area contributed by atoms with Crippen molar-refractivity contribution in [1.82, 2.24) is 0 Å². The van der Waals surface area contributed by atoms with Gasteiger partial charge in [0.2, 0.25) is 0 Å². The fourth-order valence-corrected chi connectivity index (χ4v) is 3.48. The van der Waals surface area contributed by atoms with Crippen LogP contribution in [0, 0.1) is 20.8 Å². The van der Waals surface area contributed by atoms with E-state index >= 15 is 0 Å². The number of hydrogen-bond donors (Lipinski definition) is 1. The minimum absolute atomic E-state index is 0.0232. The first kappa shape index (κ1) is 12.8. The van der Waals surface area contributed by atoms with Crippen molar-refractivity contribution in [3.63, 3.8) is 0 Å². The van der Waals surface area contributed by atoms with Crippen molar-refractivity contribution in [1.29, 1.82) is 0 Å². The molecule has 1 aromatic heterocycles. The van der Waals surface area contributed by atoms with Crippen molar-refractivity contribution in [2.24, 2.45) is 5.73 Å². The molecular weight excluding hydrogens is 294 g/mol. The normalized spacial score (nSPS) is 12.8. The number of hydrogen-bond acceptors (Lipinski definition) is 2. The average Bonchev–Trinajstić information content (AvgIpc) is 2.62. The number of halogens is 1. The number of thiophene rings is 1. The monoisotopic (exact) mass is 309 g/mol. The van der Waals surface area contributed by atoms with Crippen LogP contribution >= 0.6 is 27.3 Å². The highest BCUT2D eigenvalue weighted by Gasteiger charge is 2.15. The van der Waals surface area contributed by atoms with Gasteiger partial charge in [-0.2, -0.15) is 0 Å². The molecule has 90 valence electrons. The molecule has 0 fully saturated rings. The molecule has 17 heavy (non-hydrogen) atoms. The van der Waals surface area contributed by atoms with Crippen molar-refractivity contribution < 1.29 is 0 Å². The summed E-state index contributed by atoms with van der Waals surface area (Å²) < 4.78 is 1.15. The van der Waals surface area contributed by atoms with Crippen LogP contribution in [0.15, 0.2) is 28.7 Å². The lowest BCUT2D eigenvalue weighted by Crippen LogP contribution is -2.12. The number of rotatable bonds is 2. The summed E-state index contributed by atoms with van der Waals surface area (Å²) in [6.07, 6.45) is 0. The van der Waals surface area contributed by atoms with Crippen LogP contribution < -0.4 is 5.73 Å². The molecule has 0 aliphatic carbocycles. The van der Waals surface area contributed by atoms with Gasteiger partial charge in [-0.25, -0.2) is 0 Å². The number of benzene rings is 1. The van der Waals surface area contributed by atoms with Crippen LogP contribution in [0.2, 0.25) is 0 Å². The fraction of sp³-hybridized carbons (Fsp3) is 0.286. The Hall–Kier alpha value is -0.640. The van der Waals surface area contributed by atoms with Gasteiger partial charge in [-0.15, -0.1) is 11.3 Å². The van der Waals surface area contributed by atoms with E-state index in [1.54, 1.807) is 11.3 Å². The molecule has 0 saturated carbocycles. The molecule has 1 nitrogen and oxygen atoms in total. The Kier molecular flexibility index (Phi) is 3.71. The molecule has 0 spiro atoms. The van der Waals surface area contributed by atoms with E-state index in [-0.39, 0.29) is 6.04 Å². The van der Waals surface area contributed by atoms with E-state index in [0.717, 1.165) is 4.47 Å². The minimum Gasteiger partial charge on any atom is -0.320 e. The first-order valence-electron chi connectivity index (χ1n) is 5.58. The standard InChI is InChI=1S/C14H16BrNS/c1-8-5-4-6-11(9(8)2)14(16)13-7-12(15)10(3)17-13/h4-7,14H,16H2,1-3H3. The van der Waals surface area contributed by atoms with Gasteiger partial charge in [0, 0.05) is 14.2 Å². The molecule has 0 amide bonds. The van der Waals surface area contributed by atoms with Crippen LogP contribution in [0.1, 0.15) is 32.5 Å². The summed E-state index contributed by atoms with van der Waals surface area (Å²) in [5.41, 5.74) is 10.2. The van der Waals surface area contributed by atoms with Gasteiger partial charge < -0.3 is 5.73 Å². The van der Waals surface area contributed by atoms with E-state index in [1.165, 1.54) is 26.4 Å². The fourth-order valence-electron chi connectivity index (χ4n) is 1.90. The van der Waals surface area contributed by atoms with E-state index in [0.29, 0.717) is 0 Å². The third kappa shape index (κ3) is 2.46. The molecular formula is C14H16BrNS. The van der Waals surface area contributed by atoms with Crippen molar-refractivity contribution >= 4 is 27.3 Å². The number of aryl methyl sites for hydroxylation is 2. The van der Waals surface area contributed by atoms with Gasteiger partial charge in [-0.3, -0.25) is 0 Å². The second kappa shape index (κ2) is 4.92. The number of nitrogens with two attached hydrogens (primary N) is 1. The van der Waals surface area contributed by atoms with Crippen molar-refractivity contribution in [3.05, 3.63) is 55.2 Å². The third-order valence-electron chi connectivity index (χ3n) is 3.16. The van der Waals surface area contributed by atoms with E-state index < -0.39 is 0 Å². The molecule has 2 N–H and O–H groups in total. The third-order valence-corrected chi connectivity index (χ3v) is 5.38. The van der Waals surface area contributed by atoms with Gasteiger partial charge in [-0.1, -0.05) is 18.2 Å². The van der Waals surface area contributed by atoms with Gasteiger partial charge in [0.15, 0.2) is 0 Å². The maximum Gasteiger partial charge on any atom is 0.0649 e. The summed E-state index contributed by atoms with van der Waals surface area (Å²) in [7, 11) is 0. The Morgan fingerprint density at radius 1 is 1.24 bits per heavy atom. The van der Waals surface area contributed by atoms with Gasteiger partial charge in [0.1, 0.15) is 0 Å². The lowest BCUT2D eigenvalue weighted by atomic mass is 9.97. The van der Waals surface area contributed by atoms with E-state index in [9.17, 15) is 0 Å². The van der Waals surface area contributed by atoms with E-state index in [1.807, 2.05) is 0 Å². The molecule has 1 unspecified atom stereocenters. The van der Waals surface area contributed by atoms with Gasteiger partial charge in [-0.05, 0) is 59.5 Å². The Morgan fingerprint density at radius 3 is 2.53 bits per heavy atom. The molecule has 1 aromatic carbocycles. The van der Waals surface area contributed by atoms with Crippen molar-refractivity contribution in [3.8, 4) is 0 Å². The van der Waals surface area contributed by atoms with Crippen LogP contribution in [-0.4, -0.2) is 0 Å². The SMILES string of the molecule is Cc1cccc(C(N)c2cc(Br)c(C)s2)c1C. The lowest BCUT2D eigenvalue weighted by molar-refractivity contribution is 0.879. The van der Waals surface area contributed by atoms with Crippen molar-refractivity contribution in [2.75, 3.05) is 0 Å². The predicted molar refractivity (Wildman–Crippen MR) is 78.7 cm³/mol. The quantitative estimate of drug-likeness (QED) is 0.869. The molecule has 3 heteroatoms. The maximum absolute atomic E-state index is 6.36. The Morgan fingerprint density at radius 2 is 1.94 bits per heavy atom. The highest BCUT2D eigenvalue weighted by Crippen LogP contribution is 2.33. The zero-order valence-electron chi connectivity index (χ0n) is 10.3. The molecule has 1 atom stereocenters. The lowest BCUT2D eigenvalue weighted by Gasteiger charge is -2.14. The smallest absolute Gasteiger partial charge is 0.0649 e. The van der Waals surface area contributed by atoms with E-state index in [2.05, 4.69) is 61.0 Å². The maximum atomic E-state index is 6.36. The molecule has 0 radical (unpaired) electrons. The molecule has 0 bridgehead atoms. The van der Waals surface area contributed by atoms with E-state index in [4.69, 9.17) is 5.73 Å². The Bertz CT molecular complexity index is 526. The van der Waals surface area contributed by atoms with Crippen molar-refractivity contribution in [2.45, 2.75) is 26.8 Å². The first-order valence-corrected chi connectivity index (χ1v) is 7.19. The highest BCUT2D eigenvalue weighted by atomic mass is 79.9. The summed E-state index contributed by atoms with van der Waals surface area (Å²) in [5, 5.41) is 0. The van der Waals surface area contributed by atoms with Crippen LogP contribution in [0.3, 0.4) is 0 Å². The van der Waals surface area contributed by atoms with Gasteiger partial charge >= 0.3 is 0 Å². The molecule has 1 heterocycles. The average molecular weight is 310 g/mol. The minimum atomic E-state index is -0.0232. The topological polar surface area (TPSA) is 26.0 Å². The van der Waals surface area contributed by atoms with Gasteiger partial charge in [0.25, 0.3) is 0 Å². The Balaban J connectivity index is 2.43. The molecule has 2 aromatic rings. The Labute approximate surface area is 115 Å². The summed E-state index contributed by atoms with van der Waals surface area (Å²) >= 11 is 5.30. The summed E-state index contributed by atoms with van der Waals surface area (Å²) in [5.74, 6) is 0. The first-order chi connectivity index (χ1) is 8.00. The van der Waals surface area contributed by atoms with Crippen LogP contribution in [0.5, 0.6) is 0 Å². The van der Waals surface area contributed by atoms with Gasteiger partial charge in [0.05, 0.1) is 6.04 Å². The zero-order valence-corrected chi connectivity index (χ0v) is 12.7. The van der Waals surface area contributed by atoms with Crippen LogP contribution in [0.25, 0.3) is 0 Å². The second-order valence-electron chi connectivity index (χ2n) is 4.32. The highest BCUT2D eigenvalue weighted by molar-refractivity contribution is 9.10. The summed E-state index contributed by atoms with van der Waals surface area (Å²) in [6, 6.07) is 8.43. The zero-order chi connectivity index (χ0) is 12.6. The molecule has 0 aliphatic rings.